The molecule has 0 saturated carbocycles. The van der Waals surface area contributed by atoms with Crippen molar-refractivity contribution in [2.45, 2.75) is 0 Å². The molecule has 2 aromatic rings. The molecule has 0 bridgehead atoms. The van der Waals surface area contributed by atoms with E-state index in [1.165, 1.54) is 0 Å². The average molecular weight is 175 g/mol. The van der Waals surface area contributed by atoms with Crippen molar-refractivity contribution >= 4 is 22.6 Å². The molecule has 0 saturated heterocycles. The van der Waals surface area contributed by atoms with Gasteiger partial charge in [0.15, 0.2) is 0 Å². The van der Waals surface area contributed by atoms with E-state index in [9.17, 15) is 4.79 Å². The van der Waals surface area contributed by atoms with Gasteiger partial charge in [0, 0.05) is 17.4 Å². The van der Waals surface area contributed by atoms with Crippen molar-refractivity contribution in [1.29, 1.82) is 0 Å². The number of urea groups is 1. The summed E-state index contributed by atoms with van der Waals surface area (Å²) in [5.74, 6) is 0. The number of nitrogens with one attached hydrogen (secondary N) is 2. The summed E-state index contributed by atoms with van der Waals surface area (Å²) in [6.07, 6.45) is 1.85. The third kappa shape index (κ3) is 1.46. The van der Waals surface area contributed by atoms with Gasteiger partial charge in [-0.2, -0.15) is 0 Å². The molecule has 0 fully saturated rings. The van der Waals surface area contributed by atoms with Gasteiger partial charge in [0.1, 0.15) is 0 Å². The van der Waals surface area contributed by atoms with E-state index in [-0.39, 0.29) is 0 Å². The van der Waals surface area contributed by atoms with Crippen LogP contribution in [0.1, 0.15) is 0 Å². The Hall–Kier alpha value is -1.97. The van der Waals surface area contributed by atoms with Gasteiger partial charge in [-0.25, -0.2) is 4.79 Å². The van der Waals surface area contributed by atoms with E-state index in [0.29, 0.717) is 5.69 Å². The molecule has 0 radical (unpaired) electrons. The van der Waals surface area contributed by atoms with E-state index in [1.54, 1.807) is 6.07 Å². The highest BCUT2D eigenvalue weighted by molar-refractivity contribution is 5.91. The molecule has 2 amide bonds. The number of carbonyl (C=O) groups is 1. The summed E-state index contributed by atoms with van der Waals surface area (Å²) in [5, 5.41) is 3.61. The van der Waals surface area contributed by atoms with Crippen LogP contribution in [-0.2, 0) is 0 Å². The first kappa shape index (κ1) is 7.67. The molecule has 4 N–H and O–H groups in total. The minimum Gasteiger partial charge on any atom is -0.361 e. The molecule has 0 atom stereocenters. The second-order valence-corrected chi connectivity index (χ2v) is 2.77. The molecule has 66 valence electrons. The lowest BCUT2D eigenvalue weighted by molar-refractivity contribution is 0.259. The van der Waals surface area contributed by atoms with Crippen LogP contribution < -0.4 is 11.1 Å². The van der Waals surface area contributed by atoms with Crippen LogP contribution >= 0.6 is 0 Å². The topological polar surface area (TPSA) is 70.9 Å². The van der Waals surface area contributed by atoms with Crippen LogP contribution in [0.15, 0.2) is 30.5 Å². The molecule has 1 aromatic heterocycles. The maximum atomic E-state index is 10.5. The molecule has 1 aromatic carbocycles. The summed E-state index contributed by atoms with van der Waals surface area (Å²) in [5.41, 5.74) is 6.66. The molecule has 0 aliphatic heterocycles. The predicted octanol–water partition coefficient (Wildman–Crippen LogP) is 1.66. The van der Waals surface area contributed by atoms with E-state index >= 15 is 0 Å². The first-order valence-corrected chi connectivity index (χ1v) is 3.89. The zero-order chi connectivity index (χ0) is 9.26. The van der Waals surface area contributed by atoms with Crippen LogP contribution in [0.25, 0.3) is 10.9 Å². The predicted molar refractivity (Wildman–Crippen MR) is 51.5 cm³/mol. The van der Waals surface area contributed by atoms with Gasteiger partial charge in [-0.1, -0.05) is 6.07 Å². The van der Waals surface area contributed by atoms with Crippen LogP contribution in [0.3, 0.4) is 0 Å². The maximum absolute atomic E-state index is 10.5. The zero-order valence-electron chi connectivity index (χ0n) is 6.87. The molecule has 0 aliphatic rings. The van der Waals surface area contributed by atoms with Crippen molar-refractivity contribution in [1.82, 2.24) is 4.98 Å². The van der Waals surface area contributed by atoms with Crippen molar-refractivity contribution in [3.63, 3.8) is 0 Å². The van der Waals surface area contributed by atoms with Crippen molar-refractivity contribution in [3.8, 4) is 0 Å². The quantitative estimate of drug-likeness (QED) is 0.606. The van der Waals surface area contributed by atoms with Crippen molar-refractivity contribution in [3.05, 3.63) is 30.5 Å². The largest absolute Gasteiger partial charge is 0.361 e. The third-order valence-electron chi connectivity index (χ3n) is 1.82. The first-order chi connectivity index (χ1) is 6.25. The fraction of sp³-hybridized carbons (Fsp3) is 0. The number of nitrogens with two attached hydrogens (primary N) is 1. The standard InChI is InChI=1S/C9H9N3O/c10-9(13)12-7-2-1-6-3-4-11-8(6)5-7/h1-5,11H,(H3,10,12,13). The molecule has 1 heterocycles. The maximum Gasteiger partial charge on any atom is 0.316 e. The second kappa shape index (κ2) is 2.82. The summed E-state index contributed by atoms with van der Waals surface area (Å²) < 4.78 is 0. The van der Waals surface area contributed by atoms with E-state index in [1.807, 2.05) is 24.4 Å². The number of carbonyl (C=O) groups excluding carboxylic acids is 1. The molecular formula is C9H9N3O. The van der Waals surface area contributed by atoms with Crippen LogP contribution in [0, 0.1) is 0 Å². The molecule has 2 rings (SSSR count). The number of aromatic nitrogens is 1. The number of benzene rings is 1. The molecule has 0 unspecified atom stereocenters. The van der Waals surface area contributed by atoms with Crippen molar-refractivity contribution in [2.24, 2.45) is 5.73 Å². The van der Waals surface area contributed by atoms with Crippen molar-refractivity contribution < 1.29 is 4.79 Å². The Kier molecular flexibility index (Phi) is 1.66. The van der Waals surface area contributed by atoms with Crippen LogP contribution in [-0.4, -0.2) is 11.0 Å². The number of aromatic amines is 1. The van der Waals surface area contributed by atoms with Gasteiger partial charge < -0.3 is 16.0 Å². The minimum absolute atomic E-state index is 0.550. The van der Waals surface area contributed by atoms with Crippen molar-refractivity contribution in [2.75, 3.05) is 5.32 Å². The lowest BCUT2D eigenvalue weighted by Gasteiger charge is -2.00. The highest BCUT2D eigenvalue weighted by Crippen LogP contribution is 2.17. The number of rotatable bonds is 1. The highest BCUT2D eigenvalue weighted by atomic mass is 16.2. The number of fused-ring (bicyclic) bond motifs is 1. The Morgan fingerprint density at radius 2 is 2.23 bits per heavy atom. The Balaban J connectivity index is 2.42. The minimum atomic E-state index is -0.550. The molecule has 13 heavy (non-hydrogen) atoms. The average Bonchev–Trinajstić information content (AvgIpc) is 2.49. The smallest absolute Gasteiger partial charge is 0.316 e. The van der Waals surface area contributed by atoms with E-state index in [0.717, 1.165) is 10.9 Å². The Labute approximate surface area is 74.7 Å². The van der Waals surface area contributed by atoms with E-state index < -0.39 is 6.03 Å². The van der Waals surface area contributed by atoms with Crippen LogP contribution in [0.2, 0.25) is 0 Å². The van der Waals surface area contributed by atoms with E-state index in [4.69, 9.17) is 5.73 Å². The molecule has 0 aliphatic carbocycles. The highest BCUT2D eigenvalue weighted by Gasteiger charge is 1.98. The number of primary amides is 1. The monoisotopic (exact) mass is 175 g/mol. The molecule has 4 heteroatoms. The second-order valence-electron chi connectivity index (χ2n) is 2.77. The SMILES string of the molecule is NC(=O)Nc1ccc2cc[nH]c2c1. The molecular weight excluding hydrogens is 166 g/mol. The number of amides is 2. The van der Waals surface area contributed by atoms with Gasteiger partial charge in [-0.3, -0.25) is 0 Å². The Bertz CT molecular complexity index is 447. The summed E-state index contributed by atoms with van der Waals surface area (Å²) in [4.78, 5) is 13.6. The molecule has 4 nitrogen and oxygen atoms in total. The van der Waals surface area contributed by atoms with Gasteiger partial charge in [0.05, 0.1) is 0 Å². The summed E-state index contributed by atoms with van der Waals surface area (Å²) >= 11 is 0. The zero-order valence-corrected chi connectivity index (χ0v) is 6.87. The van der Waals surface area contributed by atoms with Crippen LogP contribution in [0.5, 0.6) is 0 Å². The molecule has 0 spiro atoms. The summed E-state index contributed by atoms with van der Waals surface area (Å²) in [7, 11) is 0. The third-order valence-corrected chi connectivity index (χ3v) is 1.82. The first-order valence-electron chi connectivity index (χ1n) is 3.89. The number of hydrogen-bond acceptors (Lipinski definition) is 1. The van der Waals surface area contributed by atoms with Gasteiger partial charge in [0.25, 0.3) is 0 Å². The fourth-order valence-electron chi connectivity index (χ4n) is 1.27. The van der Waals surface area contributed by atoms with Crippen LogP contribution in [0.4, 0.5) is 10.5 Å². The van der Waals surface area contributed by atoms with Gasteiger partial charge in [-0.05, 0) is 23.6 Å². The number of H-pyrrole nitrogens is 1. The number of hydrogen-bond donors (Lipinski definition) is 3. The Morgan fingerprint density at radius 1 is 1.38 bits per heavy atom. The Morgan fingerprint density at radius 3 is 3.00 bits per heavy atom. The summed E-state index contributed by atoms with van der Waals surface area (Å²) in [6, 6.07) is 6.97. The van der Waals surface area contributed by atoms with Gasteiger partial charge >= 0.3 is 6.03 Å². The van der Waals surface area contributed by atoms with Gasteiger partial charge in [0.2, 0.25) is 0 Å². The lowest BCUT2D eigenvalue weighted by atomic mass is 10.2. The van der Waals surface area contributed by atoms with E-state index in [2.05, 4.69) is 10.3 Å². The normalized spacial score (nSPS) is 10.2. The number of anilines is 1. The van der Waals surface area contributed by atoms with Gasteiger partial charge in [-0.15, -0.1) is 0 Å². The summed E-state index contributed by atoms with van der Waals surface area (Å²) in [6.45, 7) is 0. The lowest BCUT2D eigenvalue weighted by Crippen LogP contribution is -2.19. The fourth-order valence-corrected chi connectivity index (χ4v) is 1.27.